The van der Waals surface area contributed by atoms with Crippen LogP contribution in [-0.4, -0.2) is 48.8 Å². The lowest BCUT2D eigenvalue weighted by atomic mass is 10.0. The van der Waals surface area contributed by atoms with Crippen LogP contribution in [0.2, 0.25) is 0 Å². The van der Waals surface area contributed by atoms with E-state index in [1.807, 2.05) is 25.1 Å². The van der Waals surface area contributed by atoms with Gasteiger partial charge in [-0.1, -0.05) is 42.4 Å². The Bertz CT molecular complexity index is 693. The summed E-state index contributed by atoms with van der Waals surface area (Å²) in [6.45, 7) is 8.33. The molecule has 1 amide bonds. The number of nitrogens with zero attached hydrogens (tertiary/aromatic N) is 2. The summed E-state index contributed by atoms with van der Waals surface area (Å²) in [5.74, 6) is 0.761. The molecule has 0 aliphatic carbocycles. The molecule has 1 aromatic heterocycles. The third-order valence-electron chi connectivity index (χ3n) is 4.62. The Kier molecular flexibility index (Phi) is 5.83. The number of amides is 1. The van der Waals surface area contributed by atoms with Gasteiger partial charge in [0.2, 0.25) is 0 Å². The maximum absolute atomic E-state index is 12.6. The first-order chi connectivity index (χ1) is 12.1. The highest BCUT2D eigenvalue weighted by Crippen LogP contribution is 2.18. The molecule has 1 atom stereocenters. The molecule has 1 fully saturated rings. The third kappa shape index (κ3) is 4.46. The molecule has 2 aromatic rings. The first kappa shape index (κ1) is 17.6. The smallest absolute Gasteiger partial charge is 0.273 e. The summed E-state index contributed by atoms with van der Waals surface area (Å²) in [5.41, 5.74) is 2.46. The van der Waals surface area contributed by atoms with E-state index in [0.717, 1.165) is 31.9 Å². The minimum atomic E-state index is -0.178. The zero-order valence-corrected chi connectivity index (χ0v) is 14.8. The van der Waals surface area contributed by atoms with E-state index in [9.17, 15) is 4.79 Å². The summed E-state index contributed by atoms with van der Waals surface area (Å²) in [4.78, 5) is 14.8. The molecule has 0 radical (unpaired) electrons. The molecule has 1 N–H and O–H groups in total. The van der Waals surface area contributed by atoms with Gasteiger partial charge in [-0.25, -0.2) is 0 Å². The molecule has 0 unspecified atom stereocenters. The van der Waals surface area contributed by atoms with E-state index >= 15 is 0 Å². The van der Waals surface area contributed by atoms with Gasteiger partial charge in [0.05, 0.1) is 13.2 Å². The second-order valence-electron chi connectivity index (χ2n) is 6.48. The van der Waals surface area contributed by atoms with Crippen molar-refractivity contribution < 1.29 is 14.1 Å². The van der Waals surface area contributed by atoms with Crippen molar-refractivity contribution in [1.82, 2.24) is 15.4 Å². The fraction of sp³-hybridized carbons (Fsp3) is 0.474. The van der Waals surface area contributed by atoms with E-state index in [-0.39, 0.29) is 11.8 Å². The molecular weight excluding hydrogens is 318 g/mol. The standard InChI is InChI=1S/C19H25N3O3/c1-14(16-6-4-3-5-7-16)12-20-19(23)18-17(15(2)25-21-18)13-22-8-10-24-11-9-22/h3-7,14H,8-13H2,1-2H3,(H,20,23)/t14-/m1/s1. The number of aromatic nitrogens is 1. The quantitative estimate of drug-likeness (QED) is 0.872. The maximum atomic E-state index is 12.6. The van der Waals surface area contributed by atoms with Crippen molar-refractivity contribution >= 4 is 5.91 Å². The second kappa shape index (κ2) is 8.27. The van der Waals surface area contributed by atoms with Crippen LogP contribution >= 0.6 is 0 Å². The lowest BCUT2D eigenvalue weighted by Gasteiger charge is -2.26. The van der Waals surface area contributed by atoms with Crippen LogP contribution in [0.25, 0.3) is 0 Å². The SMILES string of the molecule is Cc1onc(C(=O)NC[C@@H](C)c2ccccc2)c1CN1CCOCC1. The average molecular weight is 343 g/mol. The fourth-order valence-corrected chi connectivity index (χ4v) is 2.97. The van der Waals surface area contributed by atoms with E-state index in [1.165, 1.54) is 5.56 Å². The highest BCUT2D eigenvalue weighted by atomic mass is 16.5. The van der Waals surface area contributed by atoms with Gasteiger partial charge in [0.25, 0.3) is 5.91 Å². The van der Waals surface area contributed by atoms with E-state index in [0.29, 0.717) is 24.5 Å². The molecule has 2 heterocycles. The zero-order chi connectivity index (χ0) is 17.6. The molecule has 0 spiro atoms. The molecule has 1 aromatic carbocycles. The number of ether oxygens (including phenoxy) is 1. The van der Waals surface area contributed by atoms with Gasteiger partial charge in [0, 0.05) is 31.7 Å². The average Bonchev–Trinajstić information content (AvgIpc) is 3.01. The molecule has 6 heteroatoms. The van der Waals surface area contributed by atoms with E-state index in [2.05, 4.69) is 34.4 Å². The monoisotopic (exact) mass is 343 g/mol. The van der Waals surface area contributed by atoms with Gasteiger partial charge in [-0.05, 0) is 18.4 Å². The maximum Gasteiger partial charge on any atom is 0.273 e. The van der Waals surface area contributed by atoms with Crippen molar-refractivity contribution in [2.75, 3.05) is 32.8 Å². The van der Waals surface area contributed by atoms with Gasteiger partial charge in [0.1, 0.15) is 5.76 Å². The highest BCUT2D eigenvalue weighted by molar-refractivity contribution is 5.93. The van der Waals surface area contributed by atoms with Crippen LogP contribution < -0.4 is 5.32 Å². The molecule has 0 saturated carbocycles. The zero-order valence-electron chi connectivity index (χ0n) is 14.8. The lowest BCUT2D eigenvalue weighted by molar-refractivity contribution is 0.0339. The molecule has 134 valence electrons. The van der Waals surface area contributed by atoms with Gasteiger partial charge in [-0.3, -0.25) is 9.69 Å². The van der Waals surface area contributed by atoms with Crippen molar-refractivity contribution in [2.24, 2.45) is 0 Å². The summed E-state index contributed by atoms with van der Waals surface area (Å²) in [6.07, 6.45) is 0. The first-order valence-corrected chi connectivity index (χ1v) is 8.73. The number of nitrogens with one attached hydrogen (secondary N) is 1. The molecule has 1 saturated heterocycles. The number of benzene rings is 1. The first-order valence-electron chi connectivity index (χ1n) is 8.73. The van der Waals surface area contributed by atoms with E-state index in [1.54, 1.807) is 0 Å². The van der Waals surface area contributed by atoms with Gasteiger partial charge < -0.3 is 14.6 Å². The molecule has 1 aliphatic heterocycles. The summed E-state index contributed by atoms with van der Waals surface area (Å²) in [6, 6.07) is 10.1. The van der Waals surface area contributed by atoms with Gasteiger partial charge >= 0.3 is 0 Å². The van der Waals surface area contributed by atoms with Gasteiger partial charge in [0.15, 0.2) is 5.69 Å². The summed E-state index contributed by atoms with van der Waals surface area (Å²) >= 11 is 0. The van der Waals surface area contributed by atoms with Crippen LogP contribution in [0.4, 0.5) is 0 Å². The van der Waals surface area contributed by atoms with Crippen LogP contribution in [0.15, 0.2) is 34.9 Å². The van der Waals surface area contributed by atoms with E-state index in [4.69, 9.17) is 9.26 Å². The number of hydrogen-bond donors (Lipinski definition) is 1. The number of carbonyl (C=O) groups excluding carboxylic acids is 1. The Balaban J connectivity index is 1.62. The van der Waals surface area contributed by atoms with Crippen LogP contribution in [0.3, 0.4) is 0 Å². The molecule has 1 aliphatic rings. The van der Waals surface area contributed by atoms with Gasteiger partial charge in [-0.15, -0.1) is 0 Å². The Morgan fingerprint density at radius 1 is 1.28 bits per heavy atom. The Morgan fingerprint density at radius 2 is 2.00 bits per heavy atom. The normalized spacial score (nSPS) is 16.6. The Hall–Kier alpha value is -2.18. The topological polar surface area (TPSA) is 67.6 Å². The third-order valence-corrected chi connectivity index (χ3v) is 4.62. The predicted molar refractivity (Wildman–Crippen MR) is 94.5 cm³/mol. The predicted octanol–water partition coefficient (Wildman–Crippen LogP) is 2.35. The highest BCUT2D eigenvalue weighted by Gasteiger charge is 2.23. The van der Waals surface area contributed by atoms with Crippen LogP contribution in [0.5, 0.6) is 0 Å². The van der Waals surface area contributed by atoms with Crippen LogP contribution in [0.1, 0.15) is 40.2 Å². The van der Waals surface area contributed by atoms with Crippen molar-refractivity contribution in [3.8, 4) is 0 Å². The number of rotatable bonds is 6. The van der Waals surface area contributed by atoms with E-state index < -0.39 is 0 Å². The molecule has 3 rings (SSSR count). The number of hydrogen-bond acceptors (Lipinski definition) is 5. The fourth-order valence-electron chi connectivity index (χ4n) is 2.97. The molecule has 6 nitrogen and oxygen atoms in total. The number of aryl methyl sites for hydroxylation is 1. The summed E-state index contributed by atoms with van der Waals surface area (Å²) in [5, 5.41) is 6.97. The Labute approximate surface area is 148 Å². The largest absolute Gasteiger partial charge is 0.379 e. The second-order valence-corrected chi connectivity index (χ2v) is 6.48. The van der Waals surface area contributed by atoms with Crippen LogP contribution in [0, 0.1) is 6.92 Å². The van der Waals surface area contributed by atoms with Crippen molar-refractivity contribution in [1.29, 1.82) is 0 Å². The number of carbonyl (C=O) groups is 1. The van der Waals surface area contributed by atoms with Crippen molar-refractivity contribution in [2.45, 2.75) is 26.3 Å². The minimum Gasteiger partial charge on any atom is -0.379 e. The van der Waals surface area contributed by atoms with Crippen molar-refractivity contribution in [3.63, 3.8) is 0 Å². The Morgan fingerprint density at radius 3 is 2.72 bits per heavy atom. The minimum absolute atomic E-state index is 0.178. The van der Waals surface area contributed by atoms with Gasteiger partial charge in [-0.2, -0.15) is 0 Å². The van der Waals surface area contributed by atoms with Crippen LogP contribution in [-0.2, 0) is 11.3 Å². The molecular formula is C19H25N3O3. The summed E-state index contributed by atoms with van der Waals surface area (Å²) < 4.78 is 10.7. The molecule has 25 heavy (non-hydrogen) atoms. The summed E-state index contributed by atoms with van der Waals surface area (Å²) in [7, 11) is 0. The van der Waals surface area contributed by atoms with Crippen molar-refractivity contribution in [3.05, 3.63) is 52.9 Å². The lowest BCUT2D eigenvalue weighted by Crippen LogP contribution is -2.36. The number of morpholine rings is 1. The molecule has 0 bridgehead atoms.